The molecule has 1 aliphatic heterocycles. The van der Waals surface area contributed by atoms with Crippen LogP contribution in [0.4, 0.5) is 5.69 Å². The Balaban J connectivity index is 1.35. The average Bonchev–Trinajstić information content (AvgIpc) is 2.88. The van der Waals surface area contributed by atoms with Gasteiger partial charge in [-0.1, -0.05) is 60.7 Å². The highest BCUT2D eigenvalue weighted by atomic mass is 32.2. The predicted octanol–water partition coefficient (Wildman–Crippen LogP) is 4.54. The molecule has 0 saturated heterocycles. The highest BCUT2D eigenvalue weighted by Gasteiger charge is 2.37. The fourth-order valence-electron chi connectivity index (χ4n) is 4.88. The minimum absolute atomic E-state index is 0.0745. The molecule has 1 aliphatic carbocycles. The van der Waals surface area contributed by atoms with Gasteiger partial charge in [0.15, 0.2) is 6.10 Å². The summed E-state index contributed by atoms with van der Waals surface area (Å²) in [5, 5.41) is 3.04. The zero-order valence-corrected chi connectivity index (χ0v) is 20.6. The van der Waals surface area contributed by atoms with Gasteiger partial charge in [0.1, 0.15) is 5.75 Å². The molecule has 0 spiro atoms. The standard InChI is InChI=1S/C28H30N2O4S/c1-20(23-16-15-22-11-5-6-12-24(22)17-23)29-28(31)27-18-30(25-13-7-8-14-26(25)34-27)35(32,33)19-21-9-3-2-4-10-21/h2-4,7-10,13-17,20,27H,5-6,11-12,18-19H2,1H3,(H,29,31)/t20-,27+/m0/s1. The Bertz CT molecular complexity index is 1320. The summed E-state index contributed by atoms with van der Waals surface area (Å²) in [5.41, 5.74) is 4.94. The van der Waals surface area contributed by atoms with Gasteiger partial charge in [0.25, 0.3) is 5.91 Å². The maximum atomic E-state index is 13.4. The molecule has 2 aliphatic rings. The van der Waals surface area contributed by atoms with Crippen molar-refractivity contribution in [3.8, 4) is 5.75 Å². The zero-order valence-electron chi connectivity index (χ0n) is 19.8. The third-order valence-corrected chi connectivity index (χ3v) is 8.50. The summed E-state index contributed by atoms with van der Waals surface area (Å²) in [6.45, 7) is 1.87. The highest BCUT2D eigenvalue weighted by molar-refractivity contribution is 7.92. The van der Waals surface area contributed by atoms with Crippen LogP contribution in [-0.2, 0) is 33.4 Å². The summed E-state index contributed by atoms with van der Waals surface area (Å²) < 4.78 is 34.1. The number of hydrogen-bond donors (Lipinski definition) is 1. The first kappa shape index (κ1) is 23.4. The zero-order chi connectivity index (χ0) is 24.4. The van der Waals surface area contributed by atoms with Crippen LogP contribution in [0.5, 0.6) is 5.75 Å². The second-order valence-corrected chi connectivity index (χ2v) is 11.2. The van der Waals surface area contributed by atoms with Crippen molar-refractivity contribution in [1.29, 1.82) is 0 Å². The normalized spacial score (nSPS) is 18.1. The summed E-state index contributed by atoms with van der Waals surface area (Å²) in [4.78, 5) is 13.3. The predicted molar refractivity (Wildman–Crippen MR) is 137 cm³/mol. The van der Waals surface area contributed by atoms with Crippen molar-refractivity contribution in [3.63, 3.8) is 0 Å². The number of para-hydroxylation sites is 2. The number of carbonyl (C=O) groups excluding carboxylic acids is 1. The van der Waals surface area contributed by atoms with Gasteiger partial charge in [0, 0.05) is 0 Å². The fourth-order valence-corrected chi connectivity index (χ4v) is 6.46. The van der Waals surface area contributed by atoms with Crippen LogP contribution in [-0.4, -0.2) is 27.0 Å². The van der Waals surface area contributed by atoms with Crippen LogP contribution in [0.15, 0.2) is 72.8 Å². The molecule has 1 heterocycles. The summed E-state index contributed by atoms with van der Waals surface area (Å²) >= 11 is 0. The van der Waals surface area contributed by atoms with E-state index in [0.717, 1.165) is 18.4 Å². The second kappa shape index (κ2) is 9.74. The quantitative estimate of drug-likeness (QED) is 0.551. The Morgan fingerprint density at radius 3 is 2.51 bits per heavy atom. The molecule has 35 heavy (non-hydrogen) atoms. The van der Waals surface area contributed by atoms with Crippen LogP contribution in [0.1, 0.15) is 48.1 Å². The number of aryl methyl sites for hydroxylation is 2. The third-order valence-electron chi connectivity index (χ3n) is 6.79. The molecule has 0 radical (unpaired) electrons. The van der Waals surface area contributed by atoms with Crippen LogP contribution in [0.3, 0.4) is 0 Å². The number of nitrogens with zero attached hydrogens (tertiary/aromatic N) is 1. The van der Waals surface area contributed by atoms with Gasteiger partial charge in [0.05, 0.1) is 24.0 Å². The van der Waals surface area contributed by atoms with E-state index >= 15 is 0 Å². The molecular weight excluding hydrogens is 460 g/mol. The van der Waals surface area contributed by atoms with E-state index in [4.69, 9.17) is 4.74 Å². The number of rotatable bonds is 6. The highest BCUT2D eigenvalue weighted by Crippen LogP contribution is 2.36. The molecule has 6 nitrogen and oxygen atoms in total. The van der Waals surface area contributed by atoms with Crippen LogP contribution < -0.4 is 14.4 Å². The van der Waals surface area contributed by atoms with Gasteiger partial charge >= 0.3 is 0 Å². The molecule has 182 valence electrons. The monoisotopic (exact) mass is 490 g/mol. The first-order chi connectivity index (χ1) is 16.9. The smallest absolute Gasteiger partial charge is 0.263 e. The second-order valence-electron chi connectivity index (χ2n) is 9.31. The summed E-state index contributed by atoms with van der Waals surface area (Å²) in [6.07, 6.45) is 3.65. The minimum atomic E-state index is -3.73. The molecule has 3 aromatic rings. The molecule has 5 rings (SSSR count). The van der Waals surface area contributed by atoms with E-state index in [-0.39, 0.29) is 24.2 Å². The van der Waals surface area contributed by atoms with Crippen molar-refractivity contribution >= 4 is 21.6 Å². The maximum Gasteiger partial charge on any atom is 0.263 e. The van der Waals surface area contributed by atoms with Crippen LogP contribution in [0, 0.1) is 0 Å². The third kappa shape index (κ3) is 5.05. The lowest BCUT2D eigenvalue weighted by atomic mass is 9.89. The van der Waals surface area contributed by atoms with Gasteiger partial charge in [-0.3, -0.25) is 9.10 Å². The number of nitrogens with one attached hydrogen (secondary N) is 1. The van der Waals surface area contributed by atoms with Crippen LogP contribution in [0.25, 0.3) is 0 Å². The molecule has 2 atom stereocenters. The summed E-state index contributed by atoms with van der Waals surface area (Å²) in [7, 11) is -3.73. The first-order valence-corrected chi connectivity index (χ1v) is 13.7. The van der Waals surface area contributed by atoms with Crippen LogP contribution >= 0.6 is 0 Å². The number of amides is 1. The van der Waals surface area contributed by atoms with Gasteiger partial charge in [-0.2, -0.15) is 0 Å². The molecule has 0 fully saturated rings. The lowest BCUT2D eigenvalue weighted by molar-refractivity contribution is -0.128. The van der Waals surface area contributed by atoms with Gasteiger partial charge in [-0.25, -0.2) is 8.42 Å². The van der Waals surface area contributed by atoms with E-state index in [9.17, 15) is 13.2 Å². The Hall–Kier alpha value is -3.32. The molecule has 0 aromatic heterocycles. The lowest BCUT2D eigenvalue weighted by Crippen LogP contribution is -2.51. The maximum absolute atomic E-state index is 13.4. The number of sulfonamides is 1. The van der Waals surface area contributed by atoms with Gasteiger partial charge in [-0.15, -0.1) is 0 Å². The summed E-state index contributed by atoms with van der Waals surface area (Å²) in [6, 6.07) is 22.2. The number of carbonyl (C=O) groups is 1. The van der Waals surface area contributed by atoms with Crippen molar-refractivity contribution < 1.29 is 17.9 Å². The van der Waals surface area contributed by atoms with Gasteiger partial charge in [-0.05, 0) is 67.0 Å². The number of ether oxygens (including phenoxy) is 1. The van der Waals surface area contributed by atoms with Crippen molar-refractivity contribution in [3.05, 3.63) is 95.1 Å². The largest absolute Gasteiger partial charge is 0.476 e. The van der Waals surface area contributed by atoms with E-state index in [1.165, 1.54) is 28.3 Å². The van der Waals surface area contributed by atoms with E-state index in [1.807, 2.05) is 25.1 Å². The van der Waals surface area contributed by atoms with Crippen molar-refractivity contribution in [2.24, 2.45) is 0 Å². The number of fused-ring (bicyclic) bond motifs is 2. The van der Waals surface area contributed by atoms with Crippen molar-refractivity contribution in [2.45, 2.75) is 50.5 Å². The van der Waals surface area contributed by atoms with E-state index < -0.39 is 16.1 Å². The molecule has 0 saturated carbocycles. The fraction of sp³-hybridized carbons (Fsp3) is 0.321. The number of benzene rings is 3. The van der Waals surface area contributed by atoms with E-state index in [2.05, 4.69) is 23.5 Å². The summed E-state index contributed by atoms with van der Waals surface area (Å²) in [5.74, 6) is -0.0937. The molecule has 0 bridgehead atoms. The SMILES string of the molecule is C[C@H](NC(=O)[C@H]1CN(S(=O)(=O)Cc2ccccc2)c2ccccc2O1)c1ccc2c(c1)CCCC2. The minimum Gasteiger partial charge on any atom is -0.476 e. The average molecular weight is 491 g/mol. The Labute approximate surface area is 207 Å². The lowest BCUT2D eigenvalue weighted by Gasteiger charge is -2.35. The van der Waals surface area contributed by atoms with Gasteiger partial charge in [0.2, 0.25) is 10.0 Å². The van der Waals surface area contributed by atoms with Crippen molar-refractivity contribution in [2.75, 3.05) is 10.8 Å². The number of hydrogen-bond acceptors (Lipinski definition) is 4. The molecule has 7 heteroatoms. The van der Waals surface area contributed by atoms with Crippen molar-refractivity contribution in [1.82, 2.24) is 5.32 Å². The topological polar surface area (TPSA) is 75.7 Å². The van der Waals surface area contributed by atoms with E-state index in [0.29, 0.717) is 17.0 Å². The Morgan fingerprint density at radius 1 is 1.00 bits per heavy atom. The molecule has 1 amide bonds. The molecular formula is C28H30N2O4S. The number of anilines is 1. The first-order valence-electron chi connectivity index (χ1n) is 12.1. The molecule has 0 unspecified atom stereocenters. The van der Waals surface area contributed by atoms with Crippen LogP contribution in [0.2, 0.25) is 0 Å². The Kier molecular flexibility index (Phi) is 6.52. The Morgan fingerprint density at radius 2 is 1.71 bits per heavy atom. The molecule has 3 aromatic carbocycles. The van der Waals surface area contributed by atoms with E-state index in [1.54, 1.807) is 36.4 Å². The van der Waals surface area contributed by atoms with Gasteiger partial charge < -0.3 is 10.1 Å². The molecule has 1 N–H and O–H groups in total.